The maximum atomic E-state index is 6.14. The smallest absolute Gasteiger partial charge is 0.138 e. The Kier molecular flexibility index (Phi) is 5.15. The number of hydrogen-bond donors (Lipinski definition) is 0. The second-order valence-corrected chi connectivity index (χ2v) is 5.14. The molecule has 0 saturated heterocycles. The molecule has 0 amide bonds. The van der Waals surface area contributed by atoms with Crippen molar-refractivity contribution >= 4 is 17.4 Å². The Morgan fingerprint density at radius 1 is 1.18 bits per heavy atom. The van der Waals surface area contributed by atoms with E-state index >= 15 is 0 Å². The topological polar surface area (TPSA) is 32.3 Å². The van der Waals surface area contributed by atoms with Gasteiger partial charge in [0, 0.05) is 25.7 Å². The van der Waals surface area contributed by atoms with Crippen molar-refractivity contribution in [2.24, 2.45) is 0 Å². The molecule has 0 aromatic carbocycles. The second-order valence-electron chi connectivity index (χ2n) is 4.78. The Labute approximate surface area is 109 Å². The minimum Gasteiger partial charge on any atom is -0.358 e. The van der Waals surface area contributed by atoms with E-state index in [4.69, 9.17) is 11.6 Å². The molecule has 5 heteroatoms. The Bertz CT molecular complexity index is 366. The first-order chi connectivity index (χ1) is 7.93. The highest BCUT2D eigenvalue weighted by molar-refractivity contribution is 6.30. The summed E-state index contributed by atoms with van der Waals surface area (Å²) in [5, 5.41) is 0.557. The molecular formula is C12H21ClN4. The van der Waals surface area contributed by atoms with Crippen LogP contribution in [0.25, 0.3) is 0 Å². The van der Waals surface area contributed by atoms with Crippen LogP contribution in [0.2, 0.25) is 5.15 Å². The van der Waals surface area contributed by atoms with Gasteiger partial charge < -0.3 is 9.80 Å². The molecule has 0 spiro atoms. The zero-order valence-corrected chi connectivity index (χ0v) is 12.0. The fraction of sp³-hybridized carbons (Fsp3) is 0.667. The van der Waals surface area contributed by atoms with E-state index in [9.17, 15) is 0 Å². The standard InChI is InChI=1S/C12H21ClN4/c1-9(2)10-11(13)14-8-15-12(10)17(5)7-6-16(3)4/h8-9H,6-7H2,1-5H3. The van der Waals surface area contributed by atoms with Crippen LogP contribution in [0, 0.1) is 0 Å². The van der Waals surface area contributed by atoms with Crippen LogP contribution in [0.1, 0.15) is 25.3 Å². The summed E-state index contributed by atoms with van der Waals surface area (Å²) in [6, 6.07) is 0. The lowest BCUT2D eigenvalue weighted by Crippen LogP contribution is -2.30. The van der Waals surface area contributed by atoms with Gasteiger partial charge in [-0.1, -0.05) is 25.4 Å². The molecule has 0 aliphatic carbocycles. The molecule has 1 aromatic heterocycles. The Morgan fingerprint density at radius 2 is 1.82 bits per heavy atom. The van der Waals surface area contributed by atoms with Crippen molar-refractivity contribution in [3.63, 3.8) is 0 Å². The fourth-order valence-corrected chi connectivity index (χ4v) is 1.97. The zero-order chi connectivity index (χ0) is 13.0. The summed E-state index contributed by atoms with van der Waals surface area (Å²) in [6.45, 7) is 6.11. The van der Waals surface area contributed by atoms with Crippen LogP contribution in [-0.2, 0) is 0 Å². The minimum atomic E-state index is 0.320. The molecule has 0 bridgehead atoms. The molecule has 0 N–H and O–H groups in total. The Morgan fingerprint density at radius 3 is 2.35 bits per heavy atom. The number of aromatic nitrogens is 2. The molecular weight excluding hydrogens is 236 g/mol. The third kappa shape index (κ3) is 3.82. The summed E-state index contributed by atoms with van der Waals surface area (Å²) in [7, 11) is 6.16. The zero-order valence-electron chi connectivity index (χ0n) is 11.2. The predicted molar refractivity (Wildman–Crippen MR) is 73.0 cm³/mol. The summed E-state index contributed by atoms with van der Waals surface area (Å²) < 4.78 is 0. The second kappa shape index (κ2) is 6.17. The largest absolute Gasteiger partial charge is 0.358 e. The maximum absolute atomic E-state index is 6.14. The van der Waals surface area contributed by atoms with Crippen molar-refractivity contribution in [3.05, 3.63) is 17.0 Å². The molecule has 96 valence electrons. The molecule has 1 rings (SSSR count). The van der Waals surface area contributed by atoms with E-state index < -0.39 is 0 Å². The van der Waals surface area contributed by atoms with Crippen LogP contribution >= 0.6 is 11.6 Å². The molecule has 0 aliphatic rings. The normalized spacial score (nSPS) is 11.3. The summed E-state index contributed by atoms with van der Waals surface area (Å²) >= 11 is 6.14. The SMILES string of the molecule is CC(C)c1c(Cl)ncnc1N(C)CCN(C)C. The van der Waals surface area contributed by atoms with Gasteiger partial charge >= 0.3 is 0 Å². The molecule has 0 fully saturated rings. The molecule has 0 atom stereocenters. The fourth-order valence-electron chi connectivity index (χ4n) is 1.62. The van der Waals surface area contributed by atoms with Gasteiger partial charge in [0.05, 0.1) is 0 Å². The van der Waals surface area contributed by atoms with Crippen molar-refractivity contribution < 1.29 is 0 Å². The third-order valence-corrected chi connectivity index (χ3v) is 2.94. The monoisotopic (exact) mass is 256 g/mol. The van der Waals surface area contributed by atoms with E-state index in [2.05, 4.69) is 47.7 Å². The predicted octanol–water partition coefficient (Wildman–Crippen LogP) is 2.25. The summed E-state index contributed by atoms with van der Waals surface area (Å²) in [5.41, 5.74) is 1.02. The lowest BCUT2D eigenvalue weighted by molar-refractivity contribution is 0.416. The number of nitrogens with zero attached hydrogens (tertiary/aromatic N) is 4. The number of halogens is 1. The van der Waals surface area contributed by atoms with E-state index in [1.54, 1.807) is 0 Å². The van der Waals surface area contributed by atoms with Crippen LogP contribution in [0.5, 0.6) is 0 Å². The van der Waals surface area contributed by atoms with E-state index in [-0.39, 0.29) is 0 Å². The first-order valence-electron chi connectivity index (χ1n) is 5.79. The van der Waals surface area contributed by atoms with Crippen molar-refractivity contribution in [2.45, 2.75) is 19.8 Å². The van der Waals surface area contributed by atoms with Gasteiger partial charge in [0.15, 0.2) is 0 Å². The first-order valence-corrected chi connectivity index (χ1v) is 6.17. The lowest BCUT2D eigenvalue weighted by Gasteiger charge is -2.24. The molecule has 17 heavy (non-hydrogen) atoms. The number of hydrogen-bond acceptors (Lipinski definition) is 4. The summed E-state index contributed by atoms with van der Waals surface area (Å²) in [6.07, 6.45) is 1.52. The van der Waals surface area contributed by atoms with Crippen molar-refractivity contribution in [1.29, 1.82) is 0 Å². The maximum Gasteiger partial charge on any atom is 0.138 e. The van der Waals surface area contributed by atoms with Crippen LogP contribution in [0.15, 0.2) is 6.33 Å². The van der Waals surface area contributed by atoms with Gasteiger partial charge in [-0.3, -0.25) is 0 Å². The van der Waals surface area contributed by atoms with E-state index in [1.807, 2.05) is 7.05 Å². The molecule has 0 unspecified atom stereocenters. The average Bonchev–Trinajstić information content (AvgIpc) is 2.24. The highest BCUT2D eigenvalue weighted by Crippen LogP contribution is 2.29. The van der Waals surface area contributed by atoms with Crippen molar-refractivity contribution in [1.82, 2.24) is 14.9 Å². The van der Waals surface area contributed by atoms with Gasteiger partial charge in [0.25, 0.3) is 0 Å². The quantitative estimate of drug-likeness (QED) is 0.757. The van der Waals surface area contributed by atoms with Gasteiger partial charge in [0.2, 0.25) is 0 Å². The van der Waals surface area contributed by atoms with Crippen LogP contribution in [0.3, 0.4) is 0 Å². The summed E-state index contributed by atoms with van der Waals surface area (Å²) in [4.78, 5) is 12.7. The van der Waals surface area contributed by atoms with Gasteiger partial charge in [-0.2, -0.15) is 0 Å². The summed E-state index contributed by atoms with van der Waals surface area (Å²) in [5.74, 6) is 1.25. The van der Waals surface area contributed by atoms with E-state index in [1.165, 1.54) is 6.33 Å². The van der Waals surface area contributed by atoms with Crippen molar-refractivity contribution in [2.75, 3.05) is 39.1 Å². The third-order valence-electron chi connectivity index (χ3n) is 2.64. The number of anilines is 1. The Hall–Kier alpha value is -0.870. The highest BCUT2D eigenvalue weighted by atomic mass is 35.5. The van der Waals surface area contributed by atoms with Crippen molar-refractivity contribution in [3.8, 4) is 0 Å². The van der Waals surface area contributed by atoms with Crippen LogP contribution in [0.4, 0.5) is 5.82 Å². The number of likely N-dealkylation sites (N-methyl/N-ethyl adjacent to an activating group) is 2. The van der Waals surface area contributed by atoms with Crippen LogP contribution < -0.4 is 4.90 Å². The molecule has 0 aliphatic heterocycles. The highest BCUT2D eigenvalue weighted by Gasteiger charge is 2.16. The van der Waals surface area contributed by atoms with E-state index in [0.717, 1.165) is 24.5 Å². The van der Waals surface area contributed by atoms with Gasteiger partial charge in [-0.25, -0.2) is 9.97 Å². The molecule has 0 radical (unpaired) electrons. The average molecular weight is 257 g/mol. The minimum absolute atomic E-state index is 0.320. The lowest BCUT2D eigenvalue weighted by atomic mass is 10.1. The Balaban J connectivity index is 2.92. The molecule has 0 saturated carbocycles. The van der Waals surface area contributed by atoms with Gasteiger partial charge in [-0.05, 0) is 20.0 Å². The van der Waals surface area contributed by atoms with Gasteiger partial charge in [0.1, 0.15) is 17.3 Å². The van der Waals surface area contributed by atoms with Crippen LogP contribution in [-0.4, -0.2) is 49.1 Å². The molecule has 1 heterocycles. The first kappa shape index (κ1) is 14.2. The molecule has 1 aromatic rings. The molecule has 4 nitrogen and oxygen atoms in total. The van der Waals surface area contributed by atoms with E-state index in [0.29, 0.717) is 11.1 Å². The van der Waals surface area contributed by atoms with Gasteiger partial charge in [-0.15, -0.1) is 0 Å². The number of rotatable bonds is 5.